The average molecular weight is 294 g/mol. The zero-order chi connectivity index (χ0) is 15.7. The van der Waals surface area contributed by atoms with Crippen LogP contribution in [-0.4, -0.2) is 11.7 Å². The van der Waals surface area contributed by atoms with E-state index in [1.165, 1.54) is 37.4 Å². The number of fused-ring (bicyclic) bond motifs is 1. The van der Waals surface area contributed by atoms with Crippen molar-refractivity contribution in [3.05, 3.63) is 68.9 Å². The number of nitriles is 1. The first kappa shape index (κ1) is 13.6. The van der Waals surface area contributed by atoms with E-state index in [0.29, 0.717) is 17.0 Å². The molecule has 0 radical (unpaired) electrons. The van der Waals surface area contributed by atoms with Crippen molar-refractivity contribution in [2.75, 3.05) is 7.11 Å². The normalized spacial score (nSPS) is 10.4. The van der Waals surface area contributed by atoms with Crippen LogP contribution in [0.5, 0.6) is 5.75 Å². The summed E-state index contributed by atoms with van der Waals surface area (Å²) < 4.78 is 11.2. The van der Waals surface area contributed by atoms with Crippen LogP contribution in [0.25, 0.3) is 16.7 Å². The largest absolute Gasteiger partial charge is 0.497 e. The molecule has 0 saturated carbocycles. The van der Waals surface area contributed by atoms with Crippen LogP contribution in [0.4, 0.5) is 0 Å². The van der Waals surface area contributed by atoms with Crippen LogP contribution in [0.3, 0.4) is 0 Å². The molecular formula is C16H10N2O4. The topological polar surface area (TPSA) is 85.2 Å². The summed E-state index contributed by atoms with van der Waals surface area (Å²) in [6.45, 7) is 0. The molecule has 0 N–H and O–H groups in total. The molecule has 0 saturated heterocycles. The van der Waals surface area contributed by atoms with E-state index in [4.69, 9.17) is 14.4 Å². The Kier molecular flexibility index (Phi) is 3.24. The van der Waals surface area contributed by atoms with Gasteiger partial charge in [0.1, 0.15) is 11.3 Å². The van der Waals surface area contributed by atoms with E-state index in [-0.39, 0.29) is 11.0 Å². The summed E-state index contributed by atoms with van der Waals surface area (Å²) in [7, 11) is 1.48. The van der Waals surface area contributed by atoms with Crippen LogP contribution < -0.4 is 16.1 Å². The Balaban J connectivity index is 2.28. The van der Waals surface area contributed by atoms with Crippen LogP contribution in [0.15, 0.2) is 56.5 Å². The quantitative estimate of drug-likeness (QED) is 0.719. The third-order valence-corrected chi connectivity index (χ3v) is 3.26. The van der Waals surface area contributed by atoms with Gasteiger partial charge in [0.15, 0.2) is 0 Å². The number of nitrogens with zero attached hydrogens (tertiary/aromatic N) is 2. The van der Waals surface area contributed by atoms with Crippen LogP contribution in [0.1, 0.15) is 5.56 Å². The van der Waals surface area contributed by atoms with Gasteiger partial charge in [-0.1, -0.05) is 0 Å². The molecule has 0 fully saturated rings. The number of ether oxygens (including phenoxy) is 1. The Hall–Kier alpha value is -3.33. The number of aromatic nitrogens is 1. The molecule has 1 aromatic heterocycles. The zero-order valence-corrected chi connectivity index (χ0v) is 11.6. The van der Waals surface area contributed by atoms with Gasteiger partial charge < -0.3 is 9.15 Å². The molecule has 0 aliphatic heterocycles. The summed E-state index contributed by atoms with van der Waals surface area (Å²) in [4.78, 5) is 24.6. The second-order valence-corrected chi connectivity index (χ2v) is 4.53. The highest BCUT2D eigenvalue weighted by Crippen LogP contribution is 2.17. The van der Waals surface area contributed by atoms with Crippen molar-refractivity contribution >= 4 is 11.0 Å². The number of hydrogen-bond acceptors (Lipinski definition) is 5. The lowest BCUT2D eigenvalue weighted by Crippen LogP contribution is -2.30. The molecule has 0 aliphatic rings. The Bertz CT molecular complexity index is 1010. The molecule has 22 heavy (non-hydrogen) atoms. The predicted octanol–water partition coefficient (Wildman–Crippen LogP) is 1.82. The van der Waals surface area contributed by atoms with Gasteiger partial charge >= 0.3 is 5.76 Å². The summed E-state index contributed by atoms with van der Waals surface area (Å²) in [6.07, 6.45) is 0. The van der Waals surface area contributed by atoms with E-state index in [0.717, 1.165) is 4.57 Å². The zero-order valence-electron chi connectivity index (χ0n) is 11.6. The smallest absolute Gasteiger partial charge is 0.426 e. The van der Waals surface area contributed by atoms with Crippen molar-refractivity contribution in [3.8, 4) is 17.5 Å². The van der Waals surface area contributed by atoms with Crippen molar-refractivity contribution in [2.24, 2.45) is 0 Å². The first-order chi connectivity index (χ1) is 10.6. The summed E-state index contributed by atoms with van der Waals surface area (Å²) in [5, 5.41) is 9.06. The molecule has 108 valence electrons. The molecule has 3 aromatic rings. The molecule has 0 aliphatic carbocycles. The second-order valence-electron chi connectivity index (χ2n) is 4.53. The van der Waals surface area contributed by atoms with Crippen LogP contribution in [-0.2, 0) is 0 Å². The van der Waals surface area contributed by atoms with Gasteiger partial charge in [-0.15, -0.1) is 0 Å². The fraction of sp³-hybridized carbons (Fsp3) is 0.0625. The molecular weight excluding hydrogens is 284 g/mol. The minimum atomic E-state index is -0.796. The number of benzene rings is 2. The van der Waals surface area contributed by atoms with Crippen molar-refractivity contribution < 1.29 is 9.15 Å². The maximum absolute atomic E-state index is 12.5. The summed E-state index contributed by atoms with van der Waals surface area (Å²) in [6, 6.07) is 12.7. The third kappa shape index (κ3) is 2.15. The first-order valence-electron chi connectivity index (χ1n) is 6.38. The van der Waals surface area contributed by atoms with Crippen LogP contribution in [0.2, 0.25) is 0 Å². The van der Waals surface area contributed by atoms with E-state index in [1.54, 1.807) is 12.1 Å². The van der Waals surface area contributed by atoms with Gasteiger partial charge in [0.25, 0.3) is 5.56 Å². The SMILES string of the molecule is COc1ccc2c(=O)n(-c3ccc(C#N)cc3)c(=O)oc2c1. The monoisotopic (exact) mass is 294 g/mol. The predicted molar refractivity (Wildman–Crippen MR) is 79.3 cm³/mol. The van der Waals surface area contributed by atoms with Crippen molar-refractivity contribution in [2.45, 2.75) is 0 Å². The van der Waals surface area contributed by atoms with Crippen molar-refractivity contribution in [3.63, 3.8) is 0 Å². The standard InChI is InChI=1S/C16H10N2O4/c1-21-12-6-7-13-14(8-12)22-16(20)18(15(13)19)11-4-2-10(9-17)3-5-11/h2-8H,1H3. The fourth-order valence-corrected chi connectivity index (χ4v) is 2.14. The minimum absolute atomic E-state index is 0.166. The third-order valence-electron chi connectivity index (χ3n) is 3.26. The minimum Gasteiger partial charge on any atom is -0.497 e. The fourth-order valence-electron chi connectivity index (χ4n) is 2.14. The highest BCUT2D eigenvalue weighted by atomic mass is 16.5. The molecule has 6 heteroatoms. The highest BCUT2D eigenvalue weighted by molar-refractivity contribution is 5.77. The number of methoxy groups -OCH3 is 1. The molecule has 0 amide bonds. The Morgan fingerprint density at radius 3 is 2.50 bits per heavy atom. The van der Waals surface area contributed by atoms with Crippen molar-refractivity contribution in [1.29, 1.82) is 5.26 Å². The van der Waals surface area contributed by atoms with Gasteiger partial charge in [0, 0.05) is 6.07 Å². The first-order valence-corrected chi connectivity index (χ1v) is 6.38. The van der Waals surface area contributed by atoms with E-state index in [9.17, 15) is 9.59 Å². The molecule has 3 rings (SSSR count). The van der Waals surface area contributed by atoms with E-state index in [1.807, 2.05) is 6.07 Å². The molecule has 0 spiro atoms. The lowest BCUT2D eigenvalue weighted by atomic mass is 10.2. The molecule has 2 aromatic carbocycles. The van der Waals surface area contributed by atoms with Crippen LogP contribution in [0, 0.1) is 11.3 Å². The molecule has 0 atom stereocenters. The van der Waals surface area contributed by atoms with Crippen LogP contribution >= 0.6 is 0 Å². The number of rotatable bonds is 2. The molecule has 0 unspecified atom stereocenters. The summed E-state index contributed by atoms with van der Waals surface area (Å²) >= 11 is 0. The van der Waals surface area contributed by atoms with E-state index in [2.05, 4.69) is 0 Å². The van der Waals surface area contributed by atoms with Gasteiger partial charge in [-0.25, -0.2) is 9.36 Å². The average Bonchev–Trinajstić information content (AvgIpc) is 2.55. The lowest BCUT2D eigenvalue weighted by molar-refractivity contribution is 0.413. The summed E-state index contributed by atoms with van der Waals surface area (Å²) in [5.41, 5.74) is 0.458. The van der Waals surface area contributed by atoms with Gasteiger partial charge in [0.2, 0.25) is 0 Å². The maximum atomic E-state index is 12.5. The van der Waals surface area contributed by atoms with Gasteiger partial charge in [-0.2, -0.15) is 5.26 Å². The Labute approximate surface area is 124 Å². The Morgan fingerprint density at radius 1 is 1.14 bits per heavy atom. The second kappa shape index (κ2) is 5.22. The lowest BCUT2D eigenvalue weighted by Gasteiger charge is -2.06. The highest BCUT2D eigenvalue weighted by Gasteiger charge is 2.12. The van der Waals surface area contributed by atoms with Crippen molar-refractivity contribution in [1.82, 2.24) is 4.57 Å². The van der Waals surface area contributed by atoms with Gasteiger partial charge in [0.05, 0.1) is 29.8 Å². The molecule has 1 heterocycles. The maximum Gasteiger partial charge on any atom is 0.426 e. The molecule has 6 nitrogen and oxygen atoms in total. The Morgan fingerprint density at radius 2 is 1.86 bits per heavy atom. The summed E-state index contributed by atoms with van der Waals surface area (Å²) in [5.74, 6) is -0.304. The van der Waals surface area contributed by atoms with Gasteiger partial charge in [-0.05, 0) is 36.4 Å². The van der Waals surface area contributed by atoms with Gasteiger partial charge in [-0.3, -0.25) is 4.79 Å². The van der Waals surface area contributed by atoms with E-state index >= 15 is 0 Å². The van der Waals surface area contributed by atoms with E-state index < -0.39 is 11.3 Å². The number of hydrogen-bond donors (Lipinski definition) is 0. The molecule has 0 bridgehead atoms.